The van der Waals surface area contributed by atoms with Crippen LogP contribution in [0.2, 0.25) is 0 Å². The standard InChI is InChI=1S/C17H18F3N/c1-11-8-9-14(12(2)10-11)13(3)21-16-7-5-4-6-15(16)17(18,19)20/h4-10,13,21H,1-3H3. The van der Waals surface area contributed by atoms with Gasteiger partial charge in [-0.25, -0.2) is 0 Å². The van der Waals surface area contributed by atoms with Crippen molar-refractivity contribution in [2.75, 3.05) is 5.32 Å². The summed E-state index contributed by atoms with van der Waals surface area (Å²) in [4.78, 5) is 0. The summed E-state index contributed by atoms with van der Waals surface area (Å²) in [5.41, 5.74) is 2.68. The van der Waals surface area contributed by atoms with Gasteiger partial charge in [0.25, 0.3) is 0 Å². The van der Waals surface area contributed by atoms with Crippen molar-refractivity contribution in [2.45, 2.75) is 33.0 Å². The summed E-state index contributed by atoms with van der Waals surface area (Å²) in [6, 6.07) is 11.3. The molecular weight excluding hydrogens is 275 g/mol. The van der Waals surface area contributed by atoms with Crippen LogP contribution < -0.4 is 5.32 Å². The predicted molar refractivity (Wildman–Crippen MR) is 79.4 cm³/mol. The van der Waals surface area contributed by atoms with Gasteiger partial charge in [-0.05, 0) is 44.0 Å². The average Bonchev–Trinajstić information content (AvgIpc) is 2.37. The van der Waals surface area contributed by atoms with Crippen LogP contribution in [0.4, 0.5) is 18.9 Å². The monoisotopic (exact) mass is 293 g/mol. The van der Waals surface area contributed by atoms with Crippen LogP contribution in [0.15, 0.2) is 42.5 Å². The second-order valence-electron chi connectivity index (χ2n) is 5.27. The van der Waals surface area contributed by atoms with Crippen molar-refractivity contribution in [3.63, 3.8) is 0 Å². The minimum atomic E-state index is -4.36. The molecule has 21 heavy (non-hydrogen) atoms. The van der Waals surface area contributed by atoms with Crippen LogP contribution in [0, 0.1) is 13.8 Å². The fourth-order valence-corrected chi connectivity index (χ4v) is 2.48. The van der Waals surface area contributed by atoms with Gasteiger partial charge in [-0.15, -0.1) is 0 Å². The summed E-state index contributed by atoms with van der Waals surface area (Å²) in [6.07, 6.45) is -4.36. The summed E-state index contributed by atoms with van der Waals surface area (Å²) >= 11 is 0. The Morgan fingerprint density at radius 1 is 1.00 bits per heavy atom. The highest BCUT2D eigenvalue weighted by Gasteiger charge is 2.33. The van der Waals surface area contributed by atoms with E-state index in [1.807, 2.05) is 39.0 Å². The molecule has 112 valence electrons. The Morgan fingerprint density at radius 2 is 1.67 bits per heavy atom. The van der Waals surface area contributed by atoms with E-state index in [1.54, 1.807) is 6.07 Å². The van der Waals surface area contributed by atoms with Crippen molar-refractivity contribution in [2.24, 2.45) is 0 Å². The first kappa shape index (κ1) is 15.4. The molecule has 4 heteroatoms. The van der Waals surface area contributed by atoms with Crippen molar-refractivity contribution >= 4 is 5.69 Å². The Balaban J connectivity index is 2.30. The maximum Gasteiger partial charge on any atom is 0.418 e. The molecule has 0 radical (unpaired) electrons. The molecule has 1 nitrogen and oxygen atoms in total. The summed E-state index contributed by atoms with van der Waals surface area (Å²) in [7, 11) is 0. The van der Waals surface area contributed by atoms with E-state index in [1.165, 1.54) is 12.1 Å². The van der Waals surface area contributed by atoms with Gasteiger partial charge in [0.05, 0.1) is 5.56 Å². The number of hydrogen-bond donors (Lipinski definition) is 1. The number of rotatable bonds is 3. The van der Waals surface area contributed by atoms with E-state index in [0.29, 0.717) is 0 Å². The molecule has 0 saturated heterocycles. The van der Waals surface area contributed by atoms with E-state index >= 15 is 0 Å². The fraction of sp³-hybridized carbons (Fsp3) is 0.294. The third kappa shape index (κ3) is 3.57. The molecule has 2 aromatic carbocycles. The van der Waals surface area contributed by atoms with E-state index in [9.17, 15) is 13.2 Å². The number of benzene rings is 2. The number of hydrogen-bond acceptors (Lipinski definition) is 1. The van der Waals surface area contributed by atoms with Crippen LogP contribution in [0.3, 0.4) is 0 Å². The first-order chi connectivity index (χ1) is 9.79. The molecule has 0 amide bonds. The summed E-state index contributed by atoms with van der Waals surface area (Å²) in [5, 5.41) is 2.97. The Morgan fingerprint density at radius 3 is 2.29 bits per heavy atom. The van der Waals surface area contributed by atoms with Gasteiger partial charge < -0.3 is 5.32 Å². The SMILES string of the molecule is Cc1ccc(C(C)Nc2ccccc2C(F)(F)F)c(C)c1. The van der Waals surface area contributed by atoms with E-state index in [0.717, 1.165) is 22.8 Å². The first-order valence-electron chi connectivity index (χ1n) is 6.79. The van der Waals surface area contributed by atoms with Crippen molar-refractivity contribution in [1.29, 1.82) is 0 Å². The molecule has 1 unspecified atom stereocenters. The van der Waals surface area contributed by atoms with Gasteiger partial charge in [0.15, 0.2) is 0 Å². The number of nitrogens with one attached hydrogen (secondary N) is 1. The lowest BCUT2D eigenvalue weighted by Crippen LogP contribution is -2.14. The normalized spacial score (nSPS) is 13.0. The smallest absolute Gasteiger partial charge is 0.378 e. The number of alkyl halides is 3. The second kappa shape index (κ2) is 5.80. The Kier molecular flexibility index (Phi) is 4.26. The lowest BCUT2D eigenvalue weighted by molar-refractivity contribution is -0.137. The molecular formula is C17H18F3N. The van der Waals surface area contributed by atoms with Crippen LogP contribution in [-0.4, -0.2) is 0 Å². The number of anilines is 1. The van der Waals surface area contributed by atoms with Gasteiger partial charge in [0, 0.05) is 11.7 Å². The molecule has 0 spiro atoms. The summed E-state index contributed by atoms with van der Waals surface area (Å²) < 4.78 is 39.0. The molecule has 0 aliphatic rings. The fourth-order valence-electron chi connectivity index (χ4n) is 2.48. The largest absolute Gasteiger partial charge is 0.418 e. The van der Waals surface area contributed by atoms with Gasteiger partial charge in [-0.1, -0.05) is 35.9 Å². The molecule has 1 N–H and O–H groups in total. The van der Waals surface area contributed by atoms with Crippen LogP contribution >= 0.6 is 0 Å². The van der Waals surface area contributed by atoms with Gasteiger partial charge in [-0.2, -0.15) is 13.2 Å². The molecule has 0 bridgehead atoms. The van der Waals surface area contributed by atoms with Gasteiger partial charge in [0.1, 0.15) is 0 Å². The molecule has 1 atom stereocenters. The Labute approximate surface area is 122 Å². The zero-order valence-electron chi connectivity index (χ0n) is 12.3. The first-order valence-corrected chi connectivity index (χ1v) is 6.79. The summed E-state index contributed by atoms with van der Waals surface area (Å²) in [5.74, 6) is 0. The van der Waals surface area contributed by atoms with Crippen LogP contribution in [0.5, 0.6) is 0 Å². The van der Waals surface area contributed by atoms with Crippen LogP contribution in [0.1, 0.15) is 35.2 Å². The number of halogens is 3. The highest BCUT2D eigenvalue weighted by atomic mass is 19.4. The Bertz CT molecular complexity index is 632. The van der Waals surface area contributed by atoms with E-state index in [4.69, 9.17) is 0 Å². The lowest BCUT2D eigenvalue weighted by Gasteiger charge is -2.21. The van der Waals surface area contributed by atoms with Crippen molar-refractivity contribution in [1.82, 2.24) is 0 Å². The van der Waals surface area contributed by atoms with Crippen molar-refractivity contribution < 1.29 is 13.2 Å². The lowest BCUT2D eigenvalue weighted by atomic mass is 9.99. The topological polar surface area (TPSA) is 12.0 Å². The van der Waals surface area contributed by atoms with E-state index in [2.05, 4.69) is 5.32 Å². The molecule has 2 aromatic rings. The summed E-state index contributed by atoms with van der Waals surface area (Å²) in [6.45, 7) is 5.83. The maximum absolute atomic E-state index is 13.0. The van der Waals surface area contributed by atoms with E-state index in [-0.39, 0.29) is 11.7 Å². The van der Waals surface area contributed by atoms with E-state index < -0.39 is 11.7 Å². The zero-order chi connectivity index (χ0) is 15.6. The highest BCUT2D eigenvalue weighted by molar-refractivity contribution is 5.54. The quantitative estimate of drug-likeness (QED) is 0.788. The predicted octanol–water partition coefficient (Wildman–Crippen LogP) is 5.50. The van der Waals surface area contributed by atoms with Crippen LogP contribution in [-0.2, 0) is 6.18 Å². The molecule has 0 heterocycles. The molecule has 0 saturated carbocycles. The van der Waals surface area contributed by atoms with Crippen molar-refractivity contribution in [3.8, 4) is 0 Å². The maximum atomic E-state index is 13.0. The van der Waals surface area contributed by atoms with Crippen molar-refractivity contribution in [3.05, 3.63) is 64.7 Å². The number of para-hydroxylation sites is 1. The zero-order valence-corrected chi connectivity index (χ0v) is 12.3. The molecule has 0 aliphatic carbocycles. The third-order valence-corrected chi connectivity index (χ3v) is 3.50. The Hall–Kier alpha value is -1.97. The van der Waals surface area contributed by atoms with Gasteiger partial charge >= 0.3 is 6.18 Å². The van der Waals surface area contributed by atoms with Gasteiger partial charge in [0.2, 0.25) is 0 Å². The minimum Gasteiger partial charge on any atom is -0.378 e. The number of aryl methyl sites for hydroxylation is 2. The molecule has 0 aromatic heterocycles. The molecule has 2 rings (SSSR count). The van der Waals surface area contributed by atoms with Gasteiger partial charge in [-0.3, -0.25) is 0 Å². The second-order valence-corrected chi connectivity index (χ2v) is 5.27. The molecule has 0 aliphatic heterocycles. The van der Waals surface area contributed by atoms with Crippen LogP contribution in [0.25, 0.3) is 0 Å². The third-order valence-electron chi connectivity index (χ3n) is 3.50. The highest BCUT2D eigenvalue weighted by Crippen LogP contribution is 2.36. The average molecular weight is 293 g/mol. The minimum absolute atomic E-state index is 0.109. The molecule has 0 fully saturated rings.